The first kappa shape index (κ1) is 19.2. The van der Waals surface area contributed by atoms with Crippen LogP contribution >= 0.6 is 0 Å². The lowest BCUT2D eigenvalue weighted by Gasteiger charge is -2.20. The van der Waals surface area contributed by atoms with Crippen molar-refractivity contribution >= 4 is 17.5 Å². The maximum atomic E-state index is 11.4. The summed E-state index contributed by atoms with van der Waals surface area (Å²) in [5, 5.41) is 38.2. The summed E-state index contributed by atoms with van der Waals surface area (Å²) in [6.07, 6.45) is 1.31. The minimum Gasteiger partial charge on any atom is -0.396 e. The van der Waals surface area contributed by atoms with Gasteiger partial charge < -0.3 is 10.6 Å². The highest BCUT2D eigenvalue weighted by Gasteiger charge is 2.18. The first-order valence-corrected chi connectivity index (χ1v) is 7.38. The van der Waals surface area contributed by atoms with Crippen molar-refractivity contribution in [3.63, 3.8) is 0 Å². The van der Waals surface area contributed by atoms with Crippen molar-refractivity contribution in [2.75, 3.05) is 18.0 Å². The number of anilines is 1. The van der Waals surface area contributed by atoms with Crippen LogP contribution in [0.4, 0.5) is 11.4 Å². The van der Waals surface area contributed by atoms with Crippen LogP contribution in [0.1, 0.15) is 19.4 Å². The molecule has 1 rings (SSSR count). The Balaban J connectivity index is 3.51. The van der Waals surface area contributed by atoms with Gasteiger partial charge in [0.05, 0.1) is 16.2 Å². The van der Waals surface area contributed by atoms with Crippen LogP contribution in [-0.4, -0.2) is 18.0 Å². The fourth-order valence-corrected chi connectivity index (χ4v) is 2.23. The highest BCUT2D eigenvalue weighted by Crippen LogP contribution is 2.30. The Morgan fingerprint density at radius 1 is 1.24 bits per heavy atom. The molecule has 0 fully saturated rings. The topological polar surface area (TPSA) is 144 Å². The summed E-state index contributed by atoms with van der Waals surface area (Å²) in [7, 11) is 0. The van der Waals surface area contributed by atoms with Crippen LogP contribution in [0.5, 0.6) is 0 Å². The first-order chi connectivity index (χ1) is 11.9. The Labute approximate surface area is 145 Å². The maximum Gasteiger partial charge on any atom is 0.293 e. The van der Waals surface area contributed by atoms with E-state index >= 15 is 0 Å². The van der Waals surface area contributed by atoms with Gasteiger partial charge in [0.1, 0.15) is 23.9 Å². The Hall–Kier alpha value is -3.83. The van der Waals surface area contributed by atoms with Crippen LogP contribution < -0.4 is 10.6 Å². The van der Waals surface area contributed by atoms with Gasteiger partial charge in [-0.15, -0.1) is 0 Å². The molecule has 0 radical (unpaired) electrons. The SMILES string of the molecule is CCN(CC)c1ccc(/C=C(\C#N)C(N)=C(C#N)C#N)cc1[N+](=O)[O-]. The van der Waals surface area contributed by atoms with E-state index in [4.69, 9.17) is 16.3 Å². The molecular formula is C17H16N6O2. The van der Waals surface area contributed by atoms with Crippen molar-refractivity contribution in [2.24, 2.45) is 5.73 Å². The van der Waals surface area contributed by atoms with Crippen LogP contribution in [0.3, 0.4) is 0 Å². The lowest BCUT2D eigenvalue weighted by atomic mass is 10.0. The quantitative estimate of drug-likeness (QED) is 0.364. The zero-order valence-electron chi connectivity index (χ0n) is 13.9. The molecule has 0 saturated carbocycles. The van der Waals surface area contributed by atoms with Gasteiger partial charge in [-0.2, -0.15) is 15.8 Å². The standard InChI is InChI=1S/C17H16N6O2/c1-3-22(4-2)15-6-5-12(8-16(15)23(24)25)7-13(9-18)17(21)14(10-19)11-20/h5-8H,3-4,21H2,1-2H3/b13-7+. The molecule has 0 unspecified atom stereocenters. The lowest BCUT2D eigenvalue weighted by molar-refractivity contribution is -0.384. The molecule has 2 N–H and O–H groups in total. The summed E-state index contributed by atoms with van der Waals surface area (Å²) in [4.78, 5) is 12.7. The average molecular weight is 336 g/mol. The van der Waals surface area contributed by atoms with Gasteiger partial charge in [-0.05, 0) is 31.6 Å². The van der Waals surface area contributed by atoms with Crippen LogP contribution in [0, 0.1) is 44.1 Å². The molecule has 0 aliphatic heterocycles. The summed E-state index contributed by atoms with van der Waals surface area (Å²) in [5.41, 5.74) is 5.66. The third-order valence-electron chi connectivity index (χ3n) is 3.51. The smallest absolute Gasteiger partial charge is 0.293 e. The Morgan fingerprint density at radius 3 is 2.28 bits per heavy atom. The molecule has 0 aromatic heterocycles. The van der Waals surface area contributed by atoms with E-state index in [-0.39, 0.29) is 22.5 Å². The maximum absolute atomic E-state index is 11.4. The van der Waals surface area contributed by atoms with E-state index in [1.807, 2.05) is 18.7 Å². The monoisotopic (exact) mass is 336 g/mol. The number of nitriles is 3. The second-order valence-corrected chi connectivity index (χ2v) is 4.86. The highest BCUT2D eigenvalue weighted by atomic mass is 16.6. The predicted octanol–water partition coefficient (Wildman–Crippen LogP) is 2.61. The Bertz CT molecular complexity index is 845. The molecule has 0 aliphatic carbocycles. The molecular weight excluding hydrogens is 320 g/mol. The van der Waals surface area contributed by atoms with Gasteiger partial charge in [0.2, 0.25) is 0 Å². The van der Waals surface area contributed by atoms with Gasteiger partial charge in [0.15, 0.2) is 5.57 Å². The van der Waals surface area contributed by atoms with E-state index < -0.39 is 4.92 Å². The van der Waals surface area contributed by atoms with E-state index in [2.05, 4.69) is 0 Å². The van der Waals surface area contributed by atoms with Gasteiger partial charge in [0.25, 0.3) is 5.69 Å². The molecule has 0 amide bonds. The minimum absolute atomic E-state index is 0.0990. The largest absolute Gasteiger partial charge is 0.396 e. The third kappa shape index (κ3) is 4.34. The van der Waals surface area contributed by atoms with Crippen molar-refractivity contribution < 1.29 is 4.92 Å². The van der Waals surface area contributed by atoms with Crippen LogP contribution in [0.15, 0.2) is 35.0 Å². The van der Waals surface area contributed by atoms with Crippen molar-refractivity contribution in [1.29, 1.82) is 15.8 Å². The number of nitrogens with zero attached hydrogens (tertiary/aromatic N) is 5. The highest BCUT2D eigenvalue weighted by molar-refractivity contribution is 5.72. The fraction of sp³-hybridized carbons (Fsp3) is 0.235. The summed E-state index contributed by atoms with van der Waals surface area (Å²) in [6, 6.07) is 9.56. The molecule has 0 heterocycles. The molecule has 0 aliphatic rings. The number of hydrogen-bond donors (Lipinski definition) is 1. The second kappa shape index (κ2) is 8.71. The number of nitro benzene ring substituents is 1. The number of nitrogens with two attached hydrogens (primary N) is 1. The molecule has 0 atom stereocenters. The molecule has 126 valence electrons. The minimum atomic E-state index is -0.494. The van der Waals surface area contributed by atoms with Gasteiger partial charge in [-0.25, -0.2) is 0 Å². The average Bonchev–Trinajstić information content (AvgIpc) is 2.62. The number of benzene rings is 1. The molecule has 8 heteroatoms. The van der Waals surface area contributed by atoms with Crippen molar-refractivity contribution in [1.82, 2.24) is 0 Å². The summed E-state index contributed by atoms with van der Waals surface area (Å²) < 4.78 is 0. The Kier molecular flexibility index (Phi) is 6.70. The molecule has 25 heavy (non-hydrogen) atoms. The summed E-state index contributed by atoms with van der Waals surface area (Å²) >= 11 is 0. The number of allylic oxidation sites excluding steroid dienone is 2. The zero-order chi connectivity index (χ0) is 19.0. The molecule has 1 aromatic rings. The van der Waals surface area contributed by atoms with Gasteiger partial charge in [-0.1, -0.05) is 6.07 Å². The summed E-state index contributed by atoms with van der Waals surface area (Å²) in [5.74, 6) is 0. The lowest BCUT2D eigenvalue weighted by Crippen LogP contribution is -2.22. The van der Waals surface area contributed by atoms with Crippen molar-refractivity contribution in [2.45, 2.75) is 13.8 Å². The third-order valence-corrected chi connectivity index (χ3v) is 3.51. The number of hydrogen-bond acceptors (Lipinski definition) is 7. The number of nitro groups is 1. The normalized spacial score (nSPS) is 10.1. The van der Waals surface area contributed by atoms with E-state index in [0.717, 1.165) is 0 Å². The van der Waals surface area contributed by atoms with E-state index in [1.54, 1.807) is 30.3 Å². The van der Waals surface area contributed by atoms with Crippen LogP contribution in [-0.2, 0) is 0 Å². The first-order valence-electron chi connectivity index (χ1n) is 7.38. The Morgan fingerprint density at radius 2 is 1.84 bits per heavy atom. The van der Waals surface area contributed by atoms with Gasteiger partial charge in [-0.3, -0.25) is 10.1 Å². The van der Waals surface area contributed by atoms with Crippen LogP contribution in [0.25, 0.3) is 6.08 Å². The molecule has 0 spiro atoms. The van der Waals surface area contributed by atoms with Crippen molar-refractivity contribution in [3.05, 3.63) is 50.7 Å². The van der Waals surface area contributed by atoms with Gasteiger partial charge in [0, 0.05) is 19.2 Å². The molecule has 0 bridgehead atoms. The summed E-state index contributed by atoms with van der Waals surface area (Å²) in [6.45, 7) is 5.01. The number of rotatable bonds is 6. The van der Waals surface area contributed by atoms with Gasteiger partial charge >= 0.3 is 0 Å². The van der Waals surface area contributed by atoms with Crippen molar-refractivity contribution in [3.8, 4) is 18.2 Å². The van der Waals surface area contributed by atoms with E-state index in [9.17, 15) is 15.4 Å². The molecule has 1 aromatic carbocycles. The molecule has 0 saturated heterocycles. The van der Waals surface area contributed by atoms with E-state index in [0.29, 0.717) is 24.3 Å². The second-order valence-electron chi connectivity index (χ2n) is 4.86. The van der Waals surface area contributed by atoms with Crippen LogP contribution in [0.2, 0.25) is 0 Å². The fourth-order valence-electron chi connectivity index (χ4n) is 2.23. The van der Waals surface area contributed by atoms with E-state index in [1.165, 1.54) is 12.1 Å². The predicted molar refractivity (Wildman–Crippen MR) is 92.7 cm³/mol. The molecule has 8 nitrogen and oxygen atoms in total. The zero-order valence-corrected chi connectivity index (χ0v) is 13.9.